The van der Waals surface area contributed by atoms with Crippen LogP contribution >= 0.6 is 0 Å². The normalized spacial score (nSPS) is 17.8. The van der Waals surface area contributed by atoms with Crippen LogP contribution in [0.1, 0.15) is 74.5 Å². The molecule has 0 N–H and O–H groups in total. The van der Waals surface area contributed by atoms with E-state index in [1.807, 2.05) is 0 Å². The molecule has 2 heteroatoms. The van der Waals surface area contributed by atoms with Gasteiger partial charge in [-0.05, 0) is 65.3 Å². The van der Waals surface area contributed by atoms with Crippen LogP contribution in [0.3, 0.4) is 0 Å². The molecule has 4 rings (SSSR count). The summed E-state index contributed by atoms with van der Waals surface area (Å²) in [7, 11) is 0. The van der Waals surface area contributed by atoms with Gasteiger partial charge in [0.1, 0.15) is 0 Å². The van der Waals surface area contributed by atoms with Crippen LogP contribution in [0.4, 0.5) is 8.78 Å². The summed E-state index contributed by atoms with van der Waals surface area (Å²) in [6, 6.07) is 16.9. The molecule has 3 aromatic rings. The molecule has 0 radical (unpaired) electrons. The van der Waals surface area contributed by atoms with E-state index >= 15 is 0 Å². The third-order valence-electron chi connectivity index (χ3n) is 6.62. The van der Waals surface area contributed by atoms with Gasteiger partial charge in [-0.3, -0.25) is 0 Å². The van der Waals surface area contributed by atoms with Crippen molar-refractivity contribution in [3.05, 3.63) is 82.9 Å². The lowest BCUT2D eigenvalue weighted by atomic mass is 9.72. The van der Waals surface area contributed by atoms with E-state index in [1.54, 1.807) is 6.07 Å². The Hall–Kier alpha value is -2.66. The lowest BCUT2D eigenvalue weighted by Gasteiger charge is -2.31. The Labute approximate surface area is 184 Å². The average Bonchev–Trinajstić information content (AvgIpc) is 2.79. The fraction of sp³-hybridized carbons (Fsp3) is 0.379. The molecule has 160 valence electrons. The van der Waals surface area contributed by atoms with Crippen LogP contribution in [0.15, 0.2) is 54.6 Å². The van der Waals surface area contributed by atoms with Crippen molar-refractivity contribution in [3.63, 3.8) is 0 Å². The molecule has 0 heterocycles. The minimum Gasteiger partial charge on any atom is -0.204 e. The highest BCUT2D eigenvalue weighted by Crippen LogP contribution is 2.41. The van der Waals surface area contributed by atoms with E-state index < -0.39 is 11.6 Å². The van der Waals surface area contributed by atoms with Crippen molar-refractivity contribution in [1.82, 2.24) is 0 Å². The first-order valence-corrected chi connectivity index (χ1v) is 11.6. The van der Waals surface area contributed by atoms with Gasteiger partial charge in [0.15, 0.2) is 11.6 Å². The standard InChI is InChI=1S/C29H30F2/c1-2-3-4-5-6-9-23-15-17-26-24-11-8-7-10-22(24)14-18-27(26)25(23)16-12-21-13-19-28(30)29(31)20-21/h7-8,10-11,13-14,18-20,23,25H,2-6,9,15,17H2,1H3/t23-,25+/m1/s1. The second-order valence-electron chi connectivity index (χ2n) is 8.73. The fourth-order valence-corrected chi connectivity index (χ4v) is 4.93. The lowest BCUT2D eigenvalue weighted by Crippen LogP contribution is -2.20. The molecule has 0 spiro atoms. The van der Waals surface area contributed by atoms with E-state index in [0.29, 0.717) is 11.5 Å². The largest absolute Gasteiger partial charge is 0.204 e. The van der Waals surface area contributed by atoms with E-state index in [9.17, 15) is 8.78 Å². The summed E-state index contributed by atoms with van der Waals surface area (Å²) in [6.45, 7) is 2.24. The van der Waals surface area contributed by atoms with Crippen molar-refractivity contribution in [2.75, 3.05) is 0 Å². The Morgan fingerprint density at radius 3 is 2.58 bits per heavy atom. The number of hydrogen-bond acceptors (Lipinski definition) is 0. The second kappa shape index (κ2) is 10.1. The third-order valence-corrected chi connectivity index (χ3v) is 6.62. The molecule has 0 bridgehead atoms. The molecule has 2 atom stereocenters. The Morgan fingerprint density at radius 1 is 0.903 bits per heavy atom. The molecular weight excluding hydrogens is 386 g/mol. The number of rotatable bonds is 6. The third kappa shape index (κ3) is 4.99. The van der Waals surface area contributed by atoms with Crippen molar-refractivity contribution < 1.29 is 8.78 Å². The minimum atomic E-state index is -0.839. The highest BCUT2D eigenvalue weighted by atomic mass is 19.2. The van der Waals surface area contributed by atoms with E-state index in [2.05, 4.69) is 55.2 Å². The minimum absolute atomic E-state index is 0.132. The van der Waals surface area contributed by atoms with E-state index in [1.165, 1.54) is 66.5 Å². The summed E-state index contributed by atoms with van der Waals surface area (Å²) >= 11 is 0. The van der Waals surface area contributed by atoms with Crippen LogP contribution in [-0.2, 0) is 6.42 Å². The maximum absolute atomic E-state index is 13.7. The highest BCUT2D eigenvalue weighted by Gasteiger charge is 2.29. The maximum atomic E-state index is 13.7. The van der Waals surface area contributed by atoms with Crippen molar-refractivity contribution in [3.8, 4) is 11.8 Å². The molecule has 0 unspecified atom stereocenters. The van der Waals surface area contributed by atoms with Crippen LogP contribution in [0.25, 0.3) is 10.8 Å². The summed E-state index contributed by atoms with van der Waals surface area (Å²) in [6.07, 6.45) is 9.76. The number of benzene rings is 3. The first-order valence-electron chi connectivity index (χ1n) is 11.6. The molecule has 31 heavy (non-hydrogen) atoms. The molecule has 3 aromatic carbocycles. The predicted molar refractivity (Wildman–Crippen MR) is 125 cm³/mol. The lowest BCUT2D eigenvalue weighted by molar-refractivity contribution is 0.380. The first kappa shape index (κ1) is 21.6. The van der Waals surface area contributed by atoms with Gasteiger partial charge in [-0.1, -0.05) is 87.3 Å². The molecule has 0 amide bonds. The topological polar surface area (TPSA) is 0 Å². The van der Waals surface area contributed by atoms with Gasteiger partial charge in [-0.15, -0.1) is 0 Å². The van der Waals surface area contributed by atoms with Gasteiger partial charge < -0.3 is 0 Å². The summed E-state index contributed by atoms with van der Waals surface area (Å²) in [4.78, 5) is 0. The Bertz CT molecular complexity index is 1100. The number of unbranched alkanes of at least 4 members (excludes halogenated alkanes) is 4. The van der Waals surface area contributed by atoms with E-state index in [4.69, 9.17) is 0 Å². The maximum Gasteiger partial charge on any atom is 0.160 e. The zero-order valence-electron chi connectivity index (χ0n) is 18.3. The van der Waals surface area contributed by atoms with Crippen molar-refractivity contribution in [1.29, 1.82) is 0 Å². The van der Waals surface area contributed by atoms with Crippen molar-refractivity contribution >= 4 is 10.8 Å². The van der Waals surface area contributed by atoms with Crippen LogP contribution in [0, 0.1) is 29.4 Å². The van der Waals surface area contributed by atoms with Gasteiger partial charge in [-0.2, -0.15) is 0 Å². The van der Waals surface area contributed by atoms with Gasteiger partial charge in [0.05, 0.1) is 0 Å². The van der Waals surface area contributed by atoms with Gasteiger partial charge in [0.2, 0.25) is 0 Å². The van der Waals surface area contributed by atoms with E-state index in [-0.39, 0.29) is 5.92 Å². The zero-order valence-corrected chi connectivity index (χ0v) is 18.3. The highest BCUT2D eigenvalue weighted by molar-refractivity contribution is 5.87. The molecule has 1 aliphatic rings. The van der Waals surface area contributed by atoms with Crippen molar-refractivity contribution in [2.45, 2.75) is 64.2 Å². The first-order chi connectivity index (χ1) is 15.2. The van der Waals surface area contributed by atoms with Crippen LogP contribution in [0.2, 0.25) is 0 Å². The molecule has 0 aromatic heterocycles. The Morgan fingerprint density at radius 2 is 1.74 bits per heavy atom. The monoisotopic (exact) mass is 416 g/mol. The van der Waals surface area contributed by atoms with Crippen LogP contribution in [-0.4, -0.2) is 0 Å². The Balaban J connectivity index is 1.65. The average molecular weight is 417 g/mol. The molecule has 0 aliphatic heterocycles. The molecule has 0 saturated heterocycles. The molecule has 0 saturated carbocycles. The summed E-state index contributed by atoms with van der Waals surface area (Å²) in [5.41, 5.74) is 3.26. The molecular formula is C29H30F2. The van der Waals surface area contributed by atoms with Gasteiger partial charge in [-0.25, -0.2) is 8.78 Å². The summed E-state index contributed by atoms with van der Waals surface area (Å²) in [5.74, 6) is 5.60. The van der Waals surface area contributed by atoms with Gasteiger partial charge >= 0.3 is 0 Å². The number of fused-ring (bicyclic) bond motifs is 3. The van der Waals surface area contributed by atoms with E-state index in [0.717, 1.165) is 18.9 Å². The summed E-state index contributed by atoms with van der Waals surface area (Å²) < 4.78 is 27.0. The number of hydrogen-bond donors (Lipinski definition) is 0. The predicted octanol–water partition coefficient (Wildman–Crippen LogP) is 8.18. The van der Waals surface area contributed by atoms with Gasteiger partial charge in [0, 0.05) is 11.5 Å². The van der Waals surface area contributed by atoms with Crippen molar-refractivity contribution in [2.24, 2.45) is 5.92 Å². The molecule has 0 fully saturated rings. The zero-order chi connectivity index (χ0) is 21.6. The number of halogens is 2. The summed E-state index contributed by atoms with van der Waals surface area (Å²) in [5, 5.41) is 2.59. The SMILES string of the molecule is CCCCCCC[C@@H]1CCc2c(ccc3ccccc23)[C@H]1C#Cc1ccc(F)c(F)c1. The fourth-order valence-electron chi connectivity index (χ4n) is 4.93. The van der Waals surface area contributed by atoms with Crippen LogP contribution < -0.4 is 0 Å². The quantitative estimate of drug-likeness (QED) is 0.281. The Kier molecular flexibility index (Phi) is 7.03. The van der Waals surface area contributed by atoms with Gasteiger partial charge in [0.25, 0.3) is 0 Å². The molecule has 1 aliphatic carbocycles. The second-order valence-corrected chi connectivity index (χ2v) is 8.73. The number of aryl methyl sites for hydroxylation is 1. The smallest absolute Gasteiger partial charge is 0.160 e. The molecule has 0 nitrogen and oxygen atoms in total. The van der Waals surface area contributed by atoms with Crippen LogP contribution in [0.5, 0.6) is 0 Å².